The van der Waals surface area contributed by atoms with Crippen molar-refractivity contribution in [3.8, 4) is 11.3 Å². The van der Waals surface area contributed by atoms with Gasteiger partial charge >= 0.3 is 0 Å². The first kappa shape index (κ1) is 16.8. The molecule has 3 aromatic rings. The molecular weight excluding hydrogens is 350 g/mol. The molecule has 3 heterocycles. The van der Waals surface area contributed by atoms with E-state index in [1.165, 1.54) is 0 Å². The van der Waals surface area contributed by atoms with Gasteiger partial charge in [0.25, 0.3) is 0 Å². The standard InChI is InChI=1S/C19H18ClN5O/c20-15-3-1-13(2-4-15)11-17-19(26)25(10-9-22-17)18-12-16(23-24-18)14-5-7-21-8-6-14/h1-8,12,17,22H,9-11H2,(H,23,24)/t17-/m1/s1. The Morgan fingerprint density at radius 3 is 2.69 bits per heavy atom. The van der Waals surface area contributed by atoms with Crippen LogP contribution in [0.5, 0.6) is 0 Å². The molecule has 1 atom stereocenters. The van der Waals surface area contributed by atoms with E-state index in [9.17, 15) is 4.79 Å². The van der Waals surface area contributed by atoms with Crippen molar-refractivity contribution in [2.75, 3.05) is 18.0 Å². The van der Waals surface area contributed by atoms with Gasteiger partial charge in [0.15, 0.2) is 0 Å². The van der Waals surface area contributed by atoms with Crippen LogP contribution in [-0.2, 0) is 11.2 Å². The number of benzene rings is 1. The first-order chi connectivity index (χ1) is 12.7. The van der Waals surface area contributed by atoms with E-state index >= 15 is 0 Å². The second-order valence-electron chi connectivity index (χ2n) is 6.20. The van der Waals surface area contributed by atoms with Gasteiger partial charge in [0.1, 0.15) is 5.82 Å². The minimum absolute atomic E-state index is 0.0381. The first-order valence-corrected chi connectivity index (χ1v) is 8.83. The number of aromatic nitrogens is 3. The molecule has 0 unspecified atom stereocenters. The van der Waals surface area contributed by atoms with Gasteiger partial charge in [-0.05, 0) is 36.2 Å². The predicted octanol–water partition coefficient (Wildman–Crippen LogP) is 2.67. The summed E-state index contributed by atoms with van der Waals surface area (Å²) in [6.45, 7) is 1.33. The highest BCUT2D eigenvalue weighted by atomic mass is 35.5. The van der Waals surface area contributed by atoms with Crippen molar-refractivity contribution in [2.45, 2.75) is 12.5 Å². The minimum atomic E-state index is -0.266. The first-order valence-electron chi connectivity index (χ1n) is 8.46. The number of carbonyl (C=O) groups is 1. The van der Waals surface area contributed by atoms with Crippen LogP contribution < -0.4 is 10.2 Å². The molecule has 7 heteroatoms. The number of H-pyrrole nitrogens is 1. The van der Waals surface area contributed by atoms with Crippen molar-refractivity contribution >= 4 is 23.3 Å². The zero-order chi connectivity index (χ0) is 17.9. The van der Waals surface area contributed by atoms with E-state index in [0.29, 0.717) is 23.8 Å². The maximum absolute atomic E-state index is 12.9. The van der Waals surface area contributed by atoms with Gasteiger partial charge in [0.05, 0.1) is 11.7 Å². The lowest BCUT2D eigenvalue weighted by Gasteiger charge is -2.32. The van der Waals surface area contributed by atoms with Crippen LogP contribution in [0.25, 0.3) is 11.3 Å². The fourth-order valence-electron chi connectivity index (χ4n) is 3.11. The molecule has 1 aliphatic rings. The fourth-order valence-corrected chi connectivity index (χ4v) is 3.24. The molecule has 0 bridgehead atoms. The van der Waals surface area contributed by atoms with E-state index < -0.39 is 0 Å². The van der Waals surface area contributed by atoms with Crippen LogP contribution in [0.3, 0.4) is 0 Å². The van der Waals surface area contributed by atoms with Crippen LogP contribution in [0.1, 0.15) is 5.56 Å². The Balaban J connectivity index is 1.51. The summed E-state index contributed by atoms with van der Waals surface area (Å²) in [6, 6.07) is 13.0. The van der Waals surface area contributed by atoms with Gasteiger partial charge in [-0.25, -0.2) is 0 Å². The number of anilines is 1. The Bertz CT molecular complexity index is 894. The smallest absolute Gasteiger partial charge is 0.245 e. The Labute approximate surface area is 156 Å². The van der Waals surface area contributed by atoms with Gasteiger partial charge in [-0.2, -0.15) is 5.10 Å². The largest absolute Gasteiger partial charge is 0.304 e. The summed E-state index contributed by atoms with van der Waals surface area (Å²) >= 11 is 5.93. The maximum atomic E-state index is 12.9. The molecule has 26 heavy (non-hydrogen) atoms. The lowest BCUT2D eigenvalue weighted by atomic mass is 10.0. The van der Waals surface area contributed by atoms with Crippen molar-refractivity contribution < 1.29 is 4.79 Å². The quantitative estimate of drug-likeness (QED) is 0.743. The number of amides is 1. The van der Waals surface area contributed by atoms with Gasteiger partial charge in [-0.15, -0.1) is 0 Å². The maximum Gasteiger partial charge on any atom is 0.245 e. The van der Waals surface area contributed by atoms with Crippen LogP contribution in [-0.4, -0.2) is 40.2 Å². The molecule has 0 spiro atoms. The Morgan fingerprint density at radius 1 is 1.15 bits per heavy atom. The van der Waals surface area contributed by atoms with Gasteiger partial charge < -0.3 is 5.32 Å². The third-order valence-electron chi connectivity index (χ3n) is 4.47. The average Bonchev–Trinajstić information content (AvgIpc) is 3.16. The van der Waals surface area contributed by atoms with Crippen molar-refractivity contribution in [3.63, 3.8) is 0 Å². The van der Waals surface area contributed by atoms with E-state index in [4.69, 9.17) is 11.6 Å². The number of nitrogens with zero attached hydrogens (tertiary/aromatic N) is 3. The zero-order valence-electron chi connectivity index (χ0n) is 14.0. The summed E-state index contributed by atoms with van der Waals surface area (Å²) in [5, 5.41) is 11.3. The molecule has 0 aliphatic carbocycles. The summed E-state index contributed by atoms with van der Waals surface area (Å²) in [6.07, 6.45) is 4.07. The van der Waals surface area contributed by atoms with Crippen molar-refractivity contribution in [1.29, 1.82) is 0 Å². The van der Waals surface area contributed by atoms with E-state index in [1.807, 2.05) is 42.5 Å². The number of hydrogen-bond acceptors (Lipinski definition) is 4. The predicted molar refractivity (Wildman–Crippen MR) is 101 cm³/mol. The molecule has 1 saturated heterocycles. The summed E-state index contributed by atoms with van der Waals surface area (Å²) in [5.74, 6) is 0.751. The Morgan fingerprint density at radius 2 is 1.92 bits per heavy atom. The monoisotopic (exact) mass is 367 g/mol. The molecule has 1 aromatic carbocycles. The lowest BCUT2D eigenvalue weighted by Crippen LogP contribution is -2.56. The Kier molecular flexibility index (Phi) is 4.69. The molecule has 0 radical (unpaired) electrons. The number of aromatic amines is 1. The topological polar surface area (TPSA) is 73.9 Å². The summed E-state index contributed by atoms with van der Waals surface area (Å²) in [7, 11) is 0. The fraction of sp³-hybridized carbons (Fsp3) is 0.211. The number of piperazine rings is 1. The normalized spacial score (nSPS) is 17.5. The molecule has 132 valence electrons. The number of halogens is 1. The number of nitrogens with one attached hydrogen (secondary N) is 2. The molecule has 4 rings (SSSR count). The van der Waals surface area contributed by atoms with Crippen molar-refractivity contribution in [1.82, 2.24) is 20.5 Å². The minimum Gasteiger partial charge on any atom is -0.304 e. The molecule has 1 aliphatic heterocycles. The molecule has 2 aromatic heterocycles. The molecule has 2 N–H and O–H groups in total. The molecular formula is C19H18ClN5O. The van der Waals surface area contributed by atoms with Crippen LogP contribution in [0.2, 0.25) is 5.02 Å². The summed E-state index contributed by atoms with van der Waals surface area (Å²) in [4.78, 5) is 18.7. The van der Waals surface area contributed by atoms with E-state index in [0.717, 1.165) is 23.4 Å². The number of carbonyl (C=O) groups excluding carboxylic acids is 1. The SMILES string of the molecule is O=C1[C@@H](Cc2ccc(Cl)cc2)NCCN1c1cc(-c2ccncc2)n[nH]1. The molecule has 1 fully saturated rings. The highest BCUT2D eigenvalue weighted by molar-refractivity contribution is 6.30. The second kappa shape index (κ2) is 7.27. The zero-order valence-corrected chi connectivity index (χ0v) is 14.8. The summed E-state index contributed by atoms with van der Waals surface area (Å²) in [5.41, 5.74) is 2.83. The lowest BCUT2D eigenvalue weighted by molar-refractivity contribution is -0.121. The third-order valence-corrected chi connectivity index (χ3v) is 4.73. The third kappa shape index (κ3) is 3.47. The molecule has 1 amide bonds. The van der Waals surface area contributed by atoms with Gasteiger partial charge in [-0.1, -0.05) is 23.7 Å². The Hall–Kier alpha value is -2.70. The highest BCUT2D eigenvalue weighted by Crippen LogP contribution is 2.23. The van der Waals surface area contributed by atoms with E-state index in [1.54, 1.807) is 17.3 Å². The van der Waals surface area contributed by atoms with Gasteiger partial charge in [-0.3, -0.25) is 19.8 Å². The average molecular weight is 368 g/mol. The van der Waals surface area contributed by atoms with Crippen LogP contribution in [0, 0.1) is 0 Å². The van der Waals surface area contributed by atoms with Crippen molar-refractivity contribution in [3.05, 3.63) is 65.4 Å². The highest BCUT2D eigenvalue weighted by Gasteiger charge is 2.30. The van der Waals surface area contributed by atoms with E-state index in [2.05, 4.69) is 20.5 Å². The second-order valence-corrected chi connectivity index (χ2v) is 6.64. The summed E-state index contributed by atoms with van der Waals surface area (Å²) < 4.78 is 0. The number of pyridine rings is 1. The van der Waals surface area contributed by atoms with E-state index in [-0.39, 0.29) is 11.9 Å². The van der Waals surface area contributed by atoms with Crippen molar-refractivity contribution in [2.24, 2.45) is 0 Å². The molecule has 6 nitrogen and oxygen atoms in total. The van der Waals surface area contributed by atoms with Crippen LogP contribution in [0.4, 0.5) is 5.82 Å². The van der Waals surface area contributed by atoms with Crippen LogP contribution in [0.15, 0.2) is 54.9 Å². The molecule has 0 saturated carbocycles. The van der Waals surface area contributed by atoms with Crippen LogP contribution >= 0.6 is 11.6 Å². The van der Waals surface area contributed by atoms with Gasteiger partial charge in [0, 0.05) is 42.1 Å². The van der Waals surface area contributed by atoms with Gasteiger partial charge in [0.2, 0.25) is 5.91 Å². The number of hydrogen-bond donors (Lipinski definition) is 2. The number of rotatable bonds is 4.